The number of imide groups is 1. The van der Waals surface area contributed by atoms with Crippen LogP contribution in [0.5, 0.6) is 0 Å². The van der Waals surface area contributed by atoms with Gasteiger partial charge in [-0.2, -0.15) is 21.6 Å². The van der Waals surface area contributed by atoms with Crippen LogP contribution in [-0.4, -0.2) is 41.5 Å². The van der Waals surface area contributed by atoms with E-state index in [9.17, 15) is 31.2 Å². The van der Waals surface area contributed by atoms with E-state index in [0.717, 1.165) is 27.5 Å². The SMILES string of the molecule is Cn1cc(C2=C(c3c4n(c5ccccc35)CCC(CCOS(=O)(=O)C(F)(F)F)C4)C(=O)NC2=O)c2ccccc21. The fraction of sp³-hybridized carbons (Fsp3) is 0.286. The number of benzene rings is 2. The van der Waals surface area contributed by atoms with Gasteiger partial charge in [0.25, 0.3) is 11.8 Å². The Hall–Kier alpha value is -3.90. The number of carbonyl (C=O) groups is 2. The summed E-state index contributed by atoms with van der Waals surface area (Å²) < 4.78 is 69.0. The van der Waals surface area contributed by atoms with Crippen LogP contribution in [0.2, 0.25) is 0 Å². The Morgan fingerprint density at radius 1 is 0.975 bits per heavy atom. The van der Waals surface area contributed by atoms with Gasteiger partial charge in [0.1, 0.15) is 0 Å². The van der Waals surface area contributed by atoms with Crippen LogP contribution < -0.4 is 5.32 Å². The first-order chi connectivity index (χ1) is 19.0. The molecule has 6 rings (SSSR count). The van der Waals surface area contributed by atoms with Crippen molar-refractivity contribution in [1.29, 1.82) is 0 Å². The summed E-state index contributed by atoms with van der Waals surface area (Å²) in [6.07, 6.45) is 2.86. The number of amides is 2. The molecule has 2 amide bonds. The number of hydrogen-bond acceptors (Lipinski definition) is 5. The number of para-hydroxylation sites is 2. The molecule has 0 saturated carbocycles. The average molecular weight is 572 g/mol. The number of halogens is 3. The molecule has 2 aliphatic heterocycles. The Morgan fingerprint density at radius 2 is 1.62 bits per heavy atom. The Kier molecular flexibility index (Phi) is 6.15. The van der Waals surface area contributed by atoms with E-state index in [1.807, 2.05) is 66.3 Å². The van der Waals surface area contributed by atoms with Gasteiger partial charge >= 0.3 is 15.6 Å². The number of alkyl halides is 3. The third-order valence-electron chi connectivity index (χ3n) is 7.72. The number of fused-ring (bicyclic) bond motifs is 4. The zero-order chi connectivity index (χ0) is 28.4. The van der Waals surface area contributed by atoms with Gasteiger partial charge in [-0.1, -0.05) is 36.4 Å². The lowest BCUT2D eigenvalue weighted by atomic mass is 9.88. The summed E-state index contributed by atoms with van der Waals surface area (Å²) in [5.41, 5.74) is -1.19. The molecular weight excluding hydrogens is 547 g/mol. The van der Waals surface area contributed by atoms with Gasteiger partial charge < -0.3 is 9.13 Å². The van der Waals surface area contributed by atoms with E-state index in [1.165, 1.54) is 0 Å². The van der Waals surface area contributed by atoms with E-state index in [0.29, 0.717) is 30.5 Å². The summed E-state index contributed by atoms with van der Waals surface area (Å²) in [5.74, 6) is -1.21. The first kappa shape index (κ1) is 26.3. The second-order valence-corrected chi connectivity index (χ2v) is 11.7. The molecule has 208 valence electrons. The largest absolute Gasteiger partial charge is 0.523 e. The first-order valence-electron chi connectivity index (χ1n) is 12.7. The van der Waals surface area contributed by atoms with Crippen molar-refractivity contribution in [3.05, 3.63) is 71.5 Å². The van der Waals surface area contributed by atoms with Gasteiger partial charge in [-0.3, -0.25) is 19.1 Å². The normalized spacial score (nSPS) is 18.1. The third-order valence-corrected chi connectivity index (χ3v) is 8.76. The lowest BCUT2D eigenvalue weighted by Gasteiger charge is -2.26. The minimum atomic E-state index is -5.67. The van der Waals surface area contributed by atoms with Crippen molar-refractivity contribution in [3.8, 4) is 0 Å². The molecule has 0 radical (unpaired) electrons. The summed E-state index contributed by atoms with van der Waals surface area (Å²) in [4.78, 5) is 26.7. The Bertz CT molecular complexity index is 1850. The molecule has 40 heavy (non-hydrogen) atoms. The van der Waals surface area contributed by atoms with Crippen LogP contribution in [0.3, 0.4) is 0 Å². The van der Waals surface area contributed by atoms with E-state index in [-0.39, 0.29) is 23.5 Å². The van der Waals surface area contributed by atoms with Gasteiger partial charge in [-0.15, -0.1) is 0 Å². The van der Waals surface area contributed by atoms with Crippen molar-refractivity contribution >= 4 is 54.9 Å². The molecular formula is C28H24F3N3O5S. The molecule has 0 bridgehead atoms. The van der Waals surface area contributed by atoms with E-state index in [2.05, 4.69) is 14.1 Å². The summed E-state index contributed by atoms with van der Waals surface area (Å²) in [6.45, 7) is -0.0933. The minimum Gasteiger partial charge on any atom is -0.350 e. The van der Waals surface area contributed by atoms with Crippen molar-refractivity contribution in [2.24, 2.45) is 13.0 Å². The zero-order valence-electron chi connectivity index (χ0n) is 21.3. The second kappa shape index (κ2) is 9.34. The smallest absolute Gasteiger partial charge is 0.350 e. The molecule has 4 heterocycles. The van der Waals surface area contributed by atoms with Crippen LogP contribution in [-0.2, 0) is 43.9 Å². The molecule has 1 N–H and O–H groups in total. The summed E-state index contributed by atoms with van der Waals surface area (Å²) in [5, 5.41) is 4.07. The highest BCUT2D eigenvalue weighted by Crippen LogP contribution is 2.43. The molecule has 12 heteroatoms. The topological polar surface area (TPSA) is 99.4 Å². The quantitative estimate of drug-likeness (QED) is 0.209. The summed E-state index contributed by atoms with van der Waals surface area (Å²) >= 11 is 0. The summed E-state index contributed by atoms with van der Waals surface area (Å²) in [6, 6.07) is 15.1. The van der Waals surface area contributed by atoms with Crippen molar-refractivity contribution in [2.75, 3.05) is 6.61 Å². The highest BCUT2D eigenvalue weighted by atomic mass is 32.2. The molecule has 0 aliphatic carbocycles. The fourth-order valence-corrected chi connectivity index (χ4v) is 6.37. The molecule has 8 nitrogen and oxygen atoms in total. The lowest BCUT2D eigenvalue weighted by Crippen LogP contribution is -2.27. The standard InChI is InChI=1S/C28H24F3N3O5S/c1-33-15-19(17-6-2-4-8-20(17)33)24-25(27(36)32-26(24)35)23-18-7-3-5-9-21(18)34-12-10-16(14-22(23)34)11-13-39-40(37,38)28(29,30)31/h2-9,15-16H,10-14H2,1H3,(H,32,35,36). The predicted molar refractivity (Wildman–Crippen MR) is 142 cm³/mol. The minimum absolute atomic E-state index is 0.0800. The zero-order valence-corrected chi connectivity index (χ0v) is 22.1. The van der Waals surface area contributed by atoms with Gasteiger partial charge in [-0.05, 0) is 37.3 Å². The van der Waals surface area contributed by atoms with Crippen molar-refractivity contribution in [1.82, 2.24) is 14.5 Å². The Labute approximate surface area is 227 Å². The van der Waals surface area contributed by atoms with Gasteiger partial charge in [0.15, 0.2) is 0 Å². The van der Waals surface area contributed by atoms with Crippen LogP contribution >= 0.6 is 0 Å². The highest BCUT2D eigenvalue weighted by Gasteiger charge is 2.47. The molecule has 4 aromatic rings. The van der Waals surface area contributed by atoms with Crippen molar-refractivity contribution in [3.63, 3.8) is 0 Å². The van der Waals surface area contributed by atoms with Gasteiger partial charge in [-0.25, -0.2) is 0 Å². The maximum Gasteiger partial charge on any atom is 0.523 e. The van der Waals surface area contributed by atoms with Gasteiger partial charge in [0, 0.05) is 58.4 Å². The van der Waals surface area contributed by atoms with Crippen LogP contribution in [0, 0.1) is 5.92 Å². The van der Waals surface area contributed by atoms with Crippen LogP contribution in [0.15, 0.2) is 54.7 Å². The molecule has 1 unspecified atom stereocenters. The number of aromatic nitrogens is 2. The molecule has 0 fully saturated rings. The van der Waals surface area contributed by atoms with Crippen LogP contribution in [0.4, 0.5) is 13.2 Å². The number of rotatable bonds is 6. The predicted octanol–water partition coefficient (Wildman–Crippen LogP) is 4.52. The van der Waals surface area contributed by atoms with E-state index < -0.39 is 34.0 Å². The third kappa shape index (κ3) is 4.13. The molecule has 1 atom stereocenters. The van der Waals surface area contributed by atoms with Gasteiger partial charge in [0.2, 0.25) is 0 Å². The second-order valence-electron chi connectivity index (χ2n) is 10.1. The van der Waals surface area contributed by atoms with Crippen LogP contribution in [0.25, 0.3) is 33.0 Å². The maximum absolute atomic E-state index is 13.4. The first-order valence-corrected chi connectivity index (χ1v) is 14.1. The van der Waals surface area contributed by atoms with E-state index in [1.54, 1.807) is 0 Å². The Morgan fingerprint density at radius 3 is 2.35 bits per heavy atom. The number of nitrogens with zero attached hydrogens (tertiary/aromatic N) is 2. The molecule has 2 aromatic carbocycles. The van der Waals surface area contributed by atoms with E-state index in [4.69, 9.17) is 0 Å². The number of nitrogens with one attached hydrogen (secondary N) is 1. The highest BCUT2D eigenvalue weighted by molar-refractivity contribution is 7.87. The van der Waals surface area contributed by atoms with E-state index >= 15 is 0 Å². The summed E-state index contributed by atoms with van der Waals surface area (Å²) in [7, 11) is -3.81. The average Bonchev–Trinajstić information content (AvgIpc) is 3.51. The Balaban J connectivity index is 1.46. The number of carbonyl (C=O) groups excluding carboxylic acids is 2. The number of aryl methyl sites for hydroxylation is 2. The van der Waals surface area contributed by atoms with Crippen molar-refractivity contribution in [2.45, 2.75) is 31.3 Å². The van der Waals surface area contributed by atoms with Crippen molar-refractivity contribution < 1.29 is 35.4 Å². The molecule has 2 aliphatic rings. The van der Waals surface area contributed by atoms with Gasteiger partial charge in [0.05, 0.1) is 17.8 Å². The molecule has 0 spiro atoms. The van der Waals surface area contributed by atoms with Crippen LogP contribution in [0.1, 0.15) is 29.7 Å². The lowest BCUT2D eigenvalue weighted by molar-refractivity contribution is -0.122. The fourth-order valence-electron chi connectivity index (χ4n) is 5.92. The molecule has 2 aromatic heterocycles. The molecule has 0 saturated heterocycles. The monoisotopic (exact) mass is 571 g/mol. The number of hydrogen-bond donors (Lipinski definition) is 1. The maximum atomic E-state index is 13.4.